The number of rotatable bonds is 3. The summed E-state index contributed by atoms with van der Waals surface area (Å²) in [7, 11) is 0. The summed E-state index contributed by atoms with van der Waals surface area (Å²) >= 11 is 12.3. The van der Waals surface area contributed by atoms with E-state index in [4.69, 9.17) is 23.2 Å². The molecule has 150 valence electrons. The summed E-state index contributed by atoms with van der Waals surface area (Å²) in [5.41, 5.74) is 2.59. The number of amides is 1. The van der Waals surface area contributed by atoms with E-state index in [2.05, 4.69) is 0 Å². The monoisotopic (exact) mass is 421 g/mol. The van der Waals surface area contributed by atoms with Crippen molar-refractivity contribution >= 4 is 29.3 Å². The standard InChI is InChI=1S/C22H25Cl2NO3/c1-22(2,3)25(21(27)28)20-9-6-14-5-7-15(26)12-16(14)17(20)10-13-4-8-18(23)19(24)11-13/h4-5,7-8,11-12,17,20,26H,6,9-10H2,1-3H3,(H,27,28). The summed E-state index contributed by atoms with van der Waals surface area (Å²) < 4.78 is 0. The summed E-state index contributed by atoms with van der Waals surface area (Å²) in [5.74, 6) is 0.0968. The van der Waals surface area contributed by atoms with Gasteiger partial charge < -0.3 is 10.2 Å². The molecule has 28 heavy (non-hydrogen) atoms. The highest BCUT2D eigenvalue weighted by molar-refractivity contribution is 6.42. The fourth-order valence-corrected chi connectivity index (χ4v) is 4.59. The largest absolute Gasteiger partial charge is 0.508 e. The number of aromatic hydroxyl groups is 1. The molecule has 3 rings (SSSR count). The van der Waals surface area contributed by atoms with Gasteiger partial charge in [-0.25, -0.2) is 4.79 Å². The highest BCUT2D eigenvalue weighted by atomic mass is 35.5. The molecule has 4 nitrogen and oxygen atoms in total. The third-order valence-electron chi connectivity index (χ3n) is 5.40. The van der Waals surface area contributed by atoms with Crippen LogP contribution in [0.25, 0.3) is 0 Å². The summed E-state index contributed by atoms with van der Waals surface area (Å²) in [5, 5.41) is 21.0. The van der Waals surface area contributed by atoms with Crippen molar-refractivity contribution < 1.29 is 15.0 Å². The third-order valence-corrected chi connectivity index (χ3v) is 6.14. The lowest BCUT2D eigenvalue weighted by atomic mass is 9.74. The maximum absolute atomic E-state index is 12.2. The number of aryl methyl sites for hydroxylation is 1. The van der Waals surface area contributed by atoms with E-state index in [1.807, 2.05) is 39.0 Å². The number of halogens is 2. The first-order valence-electron chi connectivity index (χ1n) is 9.36. The Balaban J connectivity index is 2.08. The van der Waals surface area contributed by atoms with Crippen molar-refractivity contribution in [2.75, 3.05) is 0 Å². The van der Waals surface area contributed by atoms with E-state index in [9.17, 15) is 15.0 Å². The number of carboxylic acid groups (broad SMARTS) is 1. The highest BCUT2D eigenvalue weighted by Crippen LogP contribution is 2.41. The smallest absolute Gasteiger partial charge is 0.408 e. The Labute approximate surface area is 175 Å². The van der Waals surface area contributed by atoms with Crippen LogP contribution >= 0.6 is 23.2 Å². The Morgan fingerprint density at radius 1 is 1.14 bits per heavy atom. The second-order valence-corrected chi connectivity index (χ2v) is 9.19. The Kier molecular flexibility index (Phi) is 5.83. The Morgan fingerprint density at radius 3 is 2.46 bits per heavy atom. The first-order chi connectivity index (χ1) is 13.1. The average molecular weight is 422 g/mol. The number of phenols is 1. The topological polar surface area (TPSA) is 60.8 Å². The molecule has 2 atom stereocenters. The minimum absolute atomic E-state index is 0.0941. The van der Waals surface area contributed by atoms with Crippen LogP contribution in [0, 0.1) is 0 Å². The summed E-state index contributed by atoms with van der Waals surface area (Å²) in [6, 6.07) is 10.7. The summed E-state index contributed by atoms with van der Waals surface area (Å²) in [4.78, 5) is 13.7. The van der Waals surface area contributed by atoms with Crippen LogP contribution in [0.3, 0.4) is 0 Å². The quantitative estimate of drug-likeness (QED) is 0.627. The van der Waals surface area contributed by atoms with Crippen molar-refractivity contribution in [3.8, 4) is 5.75 Å². The second-order valence-electron chi connectivity index (χ2n) is 8.37. The molecule has 0 saturated carbocycles. The molecule has 1 amide bonds. The van der Waals surface area contributed by atoms with Gasteiger partial charge in [-0.2, -0.15) is 0 Å². The van der Waals surface area contributed by atoms with Crippen LogP contribution in [0.4, 0.5) is 4.79 Å². The van der Waals surface area contributed by atoms with Crippen LogP contribution in [-0.4, -0.2) is 32.8 Å². The molecule has 0 bridgehead atoms. The molecule has 2 aromatic rings. The molecule has 0 fully saturated rings. The zero-order valence-corrected chi connectivity index (χ0v) is 17.8. The van der Waals surface area contributed by atoms with Crippen LogP contribution in [0.1, 0.15) is 49.8 Å². The minimum atomic E-state index is -0.930. The fourth-order valence-electron chi connectivity index (χ4n) is 4.27. The van der Waals surface area contributed by atoms with Gasteiger partial charge in [-0.15, -0.1) is 0 Å². The number of hydrogen-bond donors (Lipinski definition) is 2. The number of fused-ring (bicyclic) bond motifs is 1. The van der Waals surface area contributed by atoms with E-state index < -0.39 is 11.6 Å². The Morgan fingerprint density at radius 2 is 1.86 bits per heavy atom. The van der Waals surface area contributed by atoms with Crippen molar-refractivity contribution in [2.24, 2.45) is 0 Å². The maximum Gasteiger partial charge on any atom is 0.408 e. The van der Waals surface area contributed by atoms with Crippen LogP contribution < -0.4 is 0 Å². The number of hydrogen-bond acceptors (Lipinski definition) is 2. The van der Waals surface area contributed by atoms with Gasteiger partial charge in [-0.1, -0.05) is 35.3 Å². The zero-order valence-electron chi connectivity index (χ0n) is 16.2. The molecule has 0 aliphatic heterocycles. The van der Waals surface area contributed by atoms with Crippen LogP contribution in [0.15, 0.2) is 36.4 Å². The molecule has 2 aromatic carbocycles. The van der Waals surface area contributed by atoms with Crippen molar-refractivity contribution in [2.45, 2.75) is 57.5 Å². The number of phenolic OH excluding ortho intramolecular Hbond substituents is 1. The predicted octanol–water partition coefficient (Wildman–Crippen LogP) is 6.12. The fraction of sp³-hybridized carbons (Fsp3) is 0.409. The van der Waals surface area contributed by atoms with Gasteiger partial charge in [0.05, 0.1) is 10.0 Å². The lowest BCUT2D eigenvalue weighted by Crippen LogP contribution is -2.54. The first kappa shape index (κ1) is 20.8. The third kappa shape index (κ3) is 4.23. The second kappa shape index (κ2) is 7.84. The molecule has 0 saturated heterocycles. The van der Waals surface area contributed by atoms with E-state index in [1.54, 1.807) is 23.1 Å². The van der Waals surface area contributed by atoms with Gasteiger partial charge >= 0.3 is 6.09 Å². The summed E-state index contributed by atoms with van der Waals surface area (Å²) in [6.45, 7) is 5.74. The van der Waals surface area contributed by atoms with E-state index in [-0.39, 0.29) is 17.7 Å². The minimum Gasteiger partial charge on any atom is -0.508 e. The van der Waals surface area contributed by atoms with Crippen molar-refractivity contribution in [3.63, 3.8) is 0 Å². The average Bonchev–Trinajstić information content (AvgIpc) is 2.58. The SMILES string of the molecule is CC(C)(C)N(C(=O)O)C1CCc2ccc(O)cc2C1Cc1ccc(Cl)c(Cl)c1. The normalized spacial score (nSPS) is 19.2. The molecule has 0 aromatic heterocycles. The Bertz CT molecular complexity index is 892. The van der Waals surface area contributed by atoms with Gasteiger partial charge in [0.1, 0.15) is 5.75 Å². The van der Waals surface area contributed by atoms with E-state index >= 15 is 0 Å². The number of benzene rings is 2. The number of carbonyl (C=O) groups is 1. The first-order valence-corrected chi connectivity index (χ1v) is 10.1. The summed E-state index contributed by atoms with van der Waals surface area (Å²) in [6.07, 6.45) is 1.18. The molecule has 0 heterocycles. The zero-order chi connectivity index (χ0) is 20.6. The van der Waals surface area contributed by atoms with Crippen molar-refractivity contribution in [1.82, 2.24) is 4.90 Å². The predicted molar refractivity (Wildman–Crippen MR) is 113 cm³/mol. The molecule has 1 aliphatic carbocycles. The highest BCUT2D eigenvalue weighted by Gasteiger charge is 2.41. The van der Waals surface area contributed by atoms with E-state index in [0.717, 1.165) is 29.5 Å². The molecule has 6 heteroatoms. The van der Waals surface area contributed by atoms with Crippen LogP contribution in [0.5, 0.6) is 5.75 Å². The number of nitrogens with zero attached hydrogens (tertiary/aromatic N) is 1. The van der Waals surface area contributed by atoms with Gasteiger partial charge in [0, 0.05) is 17.5 Å². The molecule has 0 radical (unpaired) electrons. The lowest BCUT2D eigenvalue weighted by Gasteiger charge is -2.46. The molecular weight excluding hydrogens is 397 g/mol. The molecule has 2 N–H and O–H groups in total. The van der Waals surface area contributed by atoms with Gasteiger partial charge in [0.15, 0.2) is 0 Å². The maximum atomic E-state index is 12.2. The van der Waals surface area contributed by atoms with E-state index in [1.165, 1.54) is 0 Å². The van der Waals surface area contributed by atoms with Gasteiger partial charge in [-0.05, 0) is 81.0 Å². The van der Waals surface area contributed by atoms with Crippen molar-refractivity contribution in [3.05, 3.63) is 63.1 Å². The lowest BCUT2D eigenvalue weighted by molar-refractivity contribution is 0.0545. The molecule has 1 aliphatic rings. The van der Waals surface area contributed by atoms with Gasteiger partial charge in [0.25, 0.3) is 0 Å². The van der Waals surface area contributed by atoms with Gasteiger partial charge in [-0.3, -0.25) is 4.90 Å². The molecule has 2 unspecified atom stereocenters. The van der Waals surface area contributed by atoms with Crippen molar-refractivity contribution in [1.29, 1.82) is 0 Å². The Hall–Kier alpha value is -1.91. The molecule has 0 spiro atoms. The van der Waals surface area contributed by atoms with Crippen LogP contribution in [-0.2, 0) is 12.8 Å². The molecular formula is C22H25Cl2NO3. The van der Waals surface area contributed by atoms with Crippen LogP contribution in [0.2, 0.25) is 10.0 Å². The van der Waals surface area contributed by atoms with E-state index in [0.29, 0.717) is 16.5 Å². The van der Waals surface area contributed by atoms with Gasteiger partial charge in [0.2, 0.25) is 0 Å².